The number of allylic oxidation sites excluding steroid dienone is 2. The first kappa shape index (κ1) is 24.9. The van der Waals surface area contributed by atoms with Crippen LogP contribution in [0.1, 0.15) is 30.5 Å². The van der Waals surface area contributed by atoms with E-state index in [1.54, 1.807) is 12.1 Å². The Morgan fingerprint density at radius 2 is 1.61 bits per heavy atom. The molecular weight excluding hydrogens is 470 g/mol. The Hall–Kier alpha value is -2.70. The van der Waals surface area contributed by atoms with Crippen LogP contribution in [0, 0.1) is 11.7 Å². The smallest absolute Gasteiger partial charge is 0.350 e. The molecule has 1 atom stereocenters. The minimum atomic E-state index is -4.37. The third-order valence-corrected chi connectivity index (χ3v) is 5.71. The minimum absolute atomic E-state index is 0.0903. The fourth-order valence-electron chi connectivity index (χ4n) is 3.47. The van der Waals surface area contributed by atoms with Crippen molar-refractivity contribution in [1.82, 2.24) is 5.32 Å². The third kappa shape index (κ3) is 6.89. The van der Waals surface area contributed by atoms with Crippen molar-refractivity contribution in [1.29, 1.82) is 0 Å². The maximum absolute atomic E-state index is 13.4. The lowest BCUT2D eigenvalue weighted by Gasteiger charge is -2.13. The van der Waals surface area contributed by atoms with Gasteiger partial charge in [0, 0.05) is 11.3 Å². The molecule has 172 valence electrons. The first-order chi connectivity index (χ1) is 15.5. The summed E-state index contributed by atoms with van der Waals surface area (Å²) < 4.78 is 51.5. The molecule has 33 heavy (non-hydrogen) atoms. The molecule has 3 aromatic carbocycles. The molecule has 3 aromatic rings. The van der Waals surface area contributed by atoms with Gasteiger partial charge in [0.15, 0.2) is 0 Å². The number of hydrogen-bond acceptors (Lipinski definition) is 1. The van der Waals surface area contributed by atoms with E-state index >= 15 is 0 Å². The quantitative estimate of drug-likeness (QED) is 0.275. The number of benzene rings is 3. The van der Waals surface area contributed by atoms with Crippen molar-refractivity contribution >= 4 is 28.8 Å². The summed E-state index contributed by atoms with van der Waals surface area (Å²) in [6, 6.07) is 17.4. The van der Waals surface area contributed by atoms with Gasteiger partial charge in [0.25, 0.3) is 0 Å². The highest BCUT2D eigenvalue weighted by Crippen LogP contribution is 2.29. The Morgan fingerprint density at radius 1 is 1.00 bits per heavy atom. The van der Waals surface area contributed by atoms with Crippen LogP contribution in [0.3, 0.4) is 0 Å². The summed E-state index contributed by atoms with van der Waals surface area (Å²) in [6.45, 7) is 3.94. The predicted molar refractivity (Wildman–Crippen MR) is 130 cm³/mol. The molecule has 0 aliphatic carbocycles. The van der Waals surface area contributed by atoms with Gasteiger partial charge in [0.05, 0.1) is 10.6 Å². The SMILES string of the molecule is C/C(=C\C(C)Cc1ccc(-c2ccc(F)c(Cl)c2)cc1)NC(=S)c1ccc(C(F)(F)F)cc1. The molecule has 0 radical (unpaired) electrons. The molecule has 3 rings (SSSR count). The van der Waals surface area contributed by atoms with Gasteiger partial charge in [-0.3, -0.25) is 0 Å². The fourth-order valence-corrected chi connectivity index (χ4v) is 3.95. The highest BCUT2D eigenvalue weighted by atomic mass is 35.5. The standard InChI is InChI=1S/C26H22ClF4NS/c1-16(13-17(2)32-25(33)20-7-10-22(11-8-20)26(29,30)31)14-18-3-5-19(6-4-18)21-9-12-24(28)23(27)15-21/h3-13,15-16H,14H2,1-2H3,(H,32,33)/b17-13+. The predicted octanol–water partition coefficient (Wildman–Crippen LogP) is 8.21. The van der Waals surface area contributed by atoms with Crippen molar-refractivity contribution in [2.75, 3.05) is 0 Å². The Morgan fingerprint density at radius 3 is 2.18 bits per heavy atom. The zero-order valence-electron chi connectivity index (χ0n) is 18.0. The van der Waals surface area contributed by atoms with E-state index in [1.165, 1.54) is 18.2 Å². The molecule has 0 aliphatic heterocycles. The molecule has 0 aliphatic rings. The topological polar surface area (TPSA) is 12.0 Å². The second-order valence-corrected chi connectivity index (χ2v) is 8.70. The molecule has 0 saturated heterocycles. The van der Waals surface area contributed by atoms with Crippen molar-refractivity contribution in [3.63, 3.8) is 0 Å². The number of hydrogen-bond donors (Lipinski definition) is 1. The first-order valence-electron chi connectivity index (χ1n) is 10.2. The maximum Gasteiger partial charge on any atom is 0.416 e. The van der Waals surface area contributed by atoms with Crippen LogP contribution in [0.15, 0.2) is 78.5 Å². The second kappa shape index (κ2) is 10.5. The molecule has 7 heteroatoms. The summed E-state index contributed by atoms with van der Waals surface area (Å²) >= 11 is 11.2. The van der Waals surface area contributed by atoms with Crippen molar-refractivity contribution in [3.05, 3.63) is 106 Å². The first-order valence-corrected chi connectivity index (χ1v) is 11.0. The monoisotopic (exact) mass is 491 g/mol. The molecule has 0 aromatic heterocycles. The van der Waals surface area contributed by atoms with Gasteiger partial charge >= 0.3 is 6.18 Å². The Kier molecular flexibility index (Phi) is 7.92. The van der Waals surface area contributed by atoms with Crippen LogP contribution in [0.2, 0.25) is 5.02 Å². The van der Waals surface area contributed by atoms with E-state index in [-0.39, 0.29) is 10.9 Å². The van der Waals surface area contributed by atoms with Crippen LogP contribution in [0.25, 0.3) is 11.1 Å². The van der Waals surface area contributed by atoms with Crippen LogP contribution in [0.5, 0.6) is 0 Å². The van der Waals surface area contributed by atoms with Crippen LogP contribution >= 0.6 is 23.8 Å². The van der Waals surface area contributed by atoms with Gasteiger partial charge in [0.2, 0.25) is 0 Å². The summed E-state index contributed by atoms with van der Waals surface area (Å²) in [6.07, 6.45) is -1.55. The van der Waals surface area contributed by atoms with Crippen LogP contribution in [0.4, 0.5) is 17.6 Å². The zero-order chi connectivity index (χ0) is 24.2. The Labute approximate surface area is 201 Å². The lowest BCUT2D eigenvalue weighted by atomic mass is 9.97. The Bertz CT molecular complexity index is 1150. The molecule has 0 heterocycles. The van der Waals surface area contributed by atoms with Crippen molar-refractivity contribution in [3.8, 4) is 11.1 Å². The molecule has 1 unspecified atom stereocenters. The van der Waals surface area contributed by atoms with E-state index in [1.807, 2.05) is 37.3 Å². The molecular formula is C26H22ClF4NS. The number of alkyl halides is 3. The second-order valence-electron chi connectivity index (χ2n) is 7.89. The van der Waals surface area contributed by atoms with E-state index in [2.05, 4.69) is 12.2 Å². The number of halogens is 5. The third-order valence-electron chi connectivity index (χ3n) is 5.08. The van der Waals surface area contributed by atoms with E-state index in [0.29, 0.717) is 10.6 Å². The van der Waals surface area contributed by atoms with Crippen molar-refractivity contribution in [2.24, 2.45) is 5.92 Å². The minimum Gasteiger partial charge on any atom is -0.350 e. The van der Waals surface area contributed by atoms with Crippen LogP contribution in [-0.2, 0) is 12.6 Å². The molecule has 1 N–H and O–H groups in total. The summed E-state index contributed by atoms with van der Waals surface area (Å²) in [7, 11) is 0. The van der Waals surface area contributed by atoms with Crippen LogP contribution < -0.4 is 5.32 Å². The Balaban J connectivity index is 1.59. The van der Waals surface area contributed by atoms with Gasteiger partial charge in [-0.25, -0.2) is 4.39 Å². The highest BCUT2D eigenvalue weighted by molar-refractivity contribution is 7.80. The van der Waals surface area contributed by atoms with Gasteiger partial charge in [0.1, 0.15) is 10.8 Å². The zero-order valence-corrected chi connectivity index (χ0v) is 19.6. The van der Waals surface area contributed by atoms with Gasteiger partial charge in [-0.1, -0.05) is 79.3 Å². The summed E-state index contributed by atoms with van der Waals surface area (Å²) in [5, 5.41) is 3.17. The molecule has 0 fully saturated rings. The lowest BCUT2D eigenvalue weighted by molar-refractivity contribution is -0.137. The highest BCUT2D eigenvalue weighted by Gasteiger charge is 2.30. The van der Waals surface area contributed by atoms with Gasteiger partial charge in [-0.05, 0) is 60.2 Å². The fraction of sp³-hybridized carbons (Fsp3) is 0.192. The normalized spacial score (nSPS) is 13.0. The molecule has 0 saturated carbocycles. The number of rotatable bonds is 6. The van der Waals surface area contributed by atoms with Crippen molar-refractivity contribution < 1.29 is 17.6 Å². The molecule has 0 amide bonds. The summed E-state index contributed by atoms with van der Waals surface area (Å²) in [4.78, 5) is 0.368. The van der Waals surface area contributed by atoms with E-state index in [0.717, 1.165) is 40.9 Å². The van der Waals surface area contributed by atoms with E-state index in [9.17, 15) is 17.6 Å². The van der Waals surface area contributed by atoms with Crippen LogP contribution in [-0.4, -0.2) is 4.99 Å². The lowest BCUT2D eigenvalue weighted by Crippen LogP contribution is -2.21. The molecule has 0 bridgehead atoms. The van der Waals surface area contributed by atoms with Gasteiger partial charge in [-0.2, -0.15) is 13.2 Å². The number of nitrogens with one attached hydrogen (secondary N) is 1. The summed E-state index contributed by atoms with van der Waals surface area (Å²) in [5.41, 5.74) is 3.57. The molecule has 1 nitrogen and oxygen atoms in total. The average molecular weight is 492 g/mol. The van der Waals surface area contributed by atoms with E-state index in [4.69, 9.17) is 23.8 Å². The number of thiocarbonyl (C=S) groups is 1. The van der Waals surface area contributed by atoms with Gasteiger partial charge in [-0.15, -0.1) is 0 Å². The van der Waals surface area contributed by atoms with Crippen molar-refractivity contribution in [2.45, 2.75) is 26.4 Å². The van der Waals surface area contributed by atoms with Gasteiger partial charge < -0.3 is 5.32 Å². The molecule has 0 spiro atoms. The largest absolute Gasteiger partial charge is 0.416 e. The summed E-state index contributed by atoms with van der Waals surface area (Å²) in [5.74, 6) is -0.251. The average Bonchev–Trinajstić information content (AvgIpc) is 2.75. The maximum atomic E-state index is 13.4. The van der Waals surface area contributed by atoms with E-state index < -0.39 is 17.6 Å².